The normalized spacial score (nSPS) is 16.7. The fourth-order valence-electron chi connectivity index (χ4n) is 3.01. The highest BCUT2D eigenvalue weighted by atomic mass is 32.1. The van der Waals surface area contributed by atoms with Gasteiger partial charge < -0.3 is 5.11 Å². The molecule has 25 heavy (non-hydrogen) atoms. The zero-order valence-corrected chi connectivity index (χ0v) is 14.2. The fraction of sp³-hybridized carbons (Fsp3) is 0.100. The van der Waals surface area contributed by atoms with Gasteiger partial charge in [0.1, 0.15) is 5.75 Å². The highest BCUT2D eigenvalue weighted by Crippen LogP contribution is 2.38. The van der Waals surface area contributed by atoms with Crippen molar-refractivity contribution in [2.75, 3.05) is 0 Å². The van der Waals surface area contributed by atoms with E-state index in [1.807, 2.05) is 47.8 Å². The number of nitrogens with zero attached hydrogens (tertiary/aromatic N) is 2. The molecular weight excluding hydrogens is 332 g/mol. The van der Waals surface area contributed by atoms with Gasteiger partial charge in [0.2, 0.25) is 0 Å². The third-order valence-electron chi connectivity index (χ3n) is 4.24. The van der Waals surface area contributed by atoms with Crippen molar-refractivity contribution in [2.24, 2.45) is 5.10 Å². The molecule has 0 saturated heterocycles. The summed E-state index contributed by atoms with van der Waals surface area (Å²) in [4.78, 5) is 14.0. The summed E-state index contributed by atoms with van der Waals surface area (Å²) in [5.41, 5.74) is 2.16. The lowest BCUT2D eigenvalue weighted by Crippen LogP contribution is -2.27. The Morgan fingerprint density at radius 2 is 1.80 bits per heavy atom. The highest BCUT2D eigenvalue weighted by molar-refractivity contribution is 7.12. The zero-order valence-electron chi connectivity index (χ0n) is 13.4. The summed E-state index contributed by atoms with van der Waals surface area (Å²) in [6.07, 6.45) is 0.580. The molecule has 2 heterocycles. The van der Waals surface area contributed by atoms with Gasteiger partial charge in [0.15, 0.2) is 0 Å². The van der Waals surface area contributed by atoms with E-state index in [0.717, 1.165) is 10.6 Å². The van der Waals surface area contributed by atoms with E-state index < -0.39 is 0 Å². The molecule has 1 amide bonds. The number of amides is 1. The Bertz CT molecular complexity index is 920. The predicted octanol–water partition coefficient (Wildman–Crippen LogP) is 4.45. The molecule has 1 aromatic heterocycles. The molecule has 0 saturated carbocycles. The Kier molecular flexibility index (Phi) is 4.07. The van der Waals surface area contributed by atoms with Crippen molar-refractivity contribution in [1.29, 1.82) is 0 Å². The Morgan fingerprint density at radius 3 is 2.52 bits per heavy atom. The first-order valence-corrected chi connectivity index (χ1v) is 8.90. The lowest BCUT2D eigenvalue weighted by Gasteiger charge is -2.22. The number of hydrazone groups is 1. The molecule has 3 aromatic rings. The number of para-hydroxylation sites is 1. The van der Waals surface area contributed by atoms with E-state index in [-0.39, 0.29) is 17.7 Å². The molecule has 1 aliphatic heterocycles. The smallest absolute Gasteiger partial charge is 0.274 e. The van der Waals surface area contributed by atoms with Gasteiger partial charge in [0.05, 0.1) is 16.6 Å². The van der Waals surface area contributed by atoms with E-state index >= 15 is 0 Å². The zero-order chi connectivity index (χ0) is 17.2. The molecule has 1 atom stereocenters. The summed E-state index contributed by atoms with van der Waals surface area (Å²) in [5.74, 6) is 0.0152. The molecule has 124 valence electrons. The number of phenols is 1. The molecule has 1 N–H and O–H groups in total. The van der Waals surface area contributed by atoms with E-state index in [9.17, 15) is 9.90 Å². The summed E-state index contributed by atoms with van der Waals surface area (Å²) in [6.45, 7) is 0. The lowest BCUT2D eigenvalue weighted by atomic mass is 10.00. The molecule has 0 unspecified atom stereocenters. The van der Waals surface area contributed by atoms with Crippen molar-refractivity contribution in [2.45, 2.75) is 12.5 Å². The molecule has 0 fully saturated rings. The van der Waals surface area contributed by atoms with Crippen LogP contribution in [0.25, 0.3) is 0 Å². The molecule has 1 aliphatic rings. The van der Waals surface area contributed by atoms with E-state index in [4.69, 9.17) is 0 Å². The van der Waals surface area contributed by atoms with Crippen molar-refractivity contribution in [3.8, 4) is 5.75 Å². The van der Waals surface area contributed by atoms with Gasteiger partial charge in [0, 0.05) is 17.5 Å². The maximum absolute atomic E-state index is 13.0. The van der Waals surface area contributed by atoms with Crippen LogP contribution in [0.15, 0.2) is 77.2 Å². The first-order valence-electron chi connectivity index (χ1n) is 8.02. The van der Waals surface area contributed by atoms with Crippen LogP contribution >= 0.6 is 11.3 Å². The van der Waals surface area contributed by atoms with Crippen molar-refractivity contribution in [1.82, 2.24) is 5.01 Å². The SMILES string of the molecule is O=C(c1ccccc1)N1N=C(c2cccs2)C[C@@H]1c1ccccc1O. The van der Waals surface area contributed by atoms with Gasteiger partial charge in [-0.05, 0) is 29.6 Å². The van der Waals surface area contributed by atoms with Crippen LogP contribution < -0.4 is 0 Å². The van der Waals surface area contributed by atoms with Crippen LogP contribution in [-0.2, 0) is 0 Å². The predicted molar refractivity (Wildman–Crippen MR) is 98.9 cm³/mol. The minimum absolute atomic E-state index is 0.166. The number of hydrogen-bond acceptors (Lipinski definition) is 4. The van der Waals surface area contributed by atoms with Crippen molar-refractivity contribution >= 4 is 23.0 Å². The molecule has 4 nitrogen and oxygen atoms in total. The second kappa shape index (κ2) is 6.53. The third-order valence-corrected chi connectivity index (χ3v) is 5.16. The first-order chi connectivity index (χ1) is 12.2. The largest absolute Gasteiger partial charge is 0.508 e. The maximum atomic E-state index is 13.0. The average molecular weight is 348 g/mol. The number of rotatable bonds is 3. The van der Waals surface area contributed by atoms with E-state index in [2.05, 4.69) is 5.10 Å². The highest BCUT2D eigenvalue weighted by Gasteiger charge is 2.35. The number of carbonyl (C=O) groups is 1. The van der Waals surface area contributed by atoms with Gasteiger partial charge in [-0.3, -0.25) is 4.79 Å². The van der Waals surface area contributed by atoms with Gasteiger partial charge >= 0.3 is 0 Å². The molecule has 0 bridgehead atoms. The number of aromatic hydroxyl groups is 1. The number of thiophene rings is 1. The van der Waals surface area contributed by atoms with Crippen molar-refractivity contribution in [3.05, 3.63) is 88.1 Å². The molecular formula is C20H16N2O2S. The van der Waals surface area contributed by atoms with Crippen molar-refractivity contribution in [3.63, 3.8) is 0 Å². The van der Waals surface area contributed by atoms with E-state index in [1.165, 1.54) is 5.01 Å². The molecule has 2 aromatic carbocycles. The summed E-state index contributed by atoms with van der Waals surface area (Å²) in [6, 6.07) is 19.9. The van der Waals surface area contributed by atoms with Gasteiger partial charge in [-0.1, -0.05) is 42.5 Å². The fourth-order valence-corrected chi connectivity index (χ4v) is 3.73. The lowest BCUT2D eigenvalue weighted by molar-refractivity contribution is 0.0709. The average Bonchev–Trinajstić information content (AvgIpc) is 3.32. The Hall–Kier alpha value is -2.92. The van der Waals surface area contributed by atoms with Crippen LogP contribution in [0.4, 0.5) is 0 Å². The quantitative estimate of drug-likeness (QED) is 0.760. The van der Waals surface area contributed by atoms with Crippen LogP contribution in [0.2, 0.25) is 0 Å². The number of phenolic OH excluding ortho intramolecular Hbond substituents is 1. The van der Waals surface area contributed by atoms with Crippen LogP contribution in [0.5, 0.6) is 5.75 Å². The van der Waals surface area contributed by atoms with Crippen LogP contribution in [0.3, 0.4) is 0 Å². The molecule has 0 spiro atoms. The van der Waals surface area contributed by atoms with Crippen molar-refractivity contribution < 1.29 is 9.90 Å². The number of benzene rings is 2. The third kappa shape index (κ3) is 2.94. The number of hydrogen-bond donors (Lipinski definition) is 1. The van der Waals surface area contributed by atoms with Crippen LogP contribution in [0.1, 0.15) is 33.3 Å². The Morgan fingerprint density at radius 1 is 1.04 bits per heavy atom. The Balaban J connectivity index is 1.75. The first kappa shape index (κ1) is 15.6. The van der Waals surface area contributed by atoms with E-state index in [0.29, 0.717) is 17.5 Å². The van der Waals surface area contributed by atoms with Crippen LogP contribution in [-0.4, -0.2) is 21.7 Å². The van der Waals surface area contributed by atoms with Gasteiger partial charge in [-0.2, -0.15) is 5.10 Å². The minimum Gasteiger partial charge on any atom is -0.508 e. The summed E-state index contributed by atoms with van der Waals surface area (Å²) in [7, 11) is 0. The second-order valence-corrected chi connectivity index (χ2v) is 6.77. The van der Waals surface area contributed by atoms with Gasteiger partial charge in [0.25, 0.3) is 5.91 Å². The summed E-state index contributed by atoms with van der Waals surface area (Å²) in [5, 5.41) is 18.4. The second-order valence-electron chi connectivity index (χ2n) is 5.82. The monoisotopic (exact) mass is 348 g/mol. The topological polar surface area (TPSA) is 52.9 Å². The standard InChI is InChI=1S/C20H16N2O2S/c23-18-10-5-4-9-15(18)17-13-16(19-11-6-12-25-19)21-22(17)20(24)14-7-2-1-3-8-14/h1-12,17,23H,13H2/t17-/m1/s1. The minimum atomic E-state index is -0.314. The maximum Gasteiger partial charge on any atom is 0.274 e. The Labute approximate surface area is 149 Å². The van der Waals surface area contributed by atoms with Gasteiger partial charge in [-0.25, -0.2) is 5.01 Å². The van der Waals surface area contributed by atoms with E-state index in [1.54, 1.807) is 35.6 Å². The molecule has 5 heteroatoms. The summed E-state index contributed by atoms with van der Waals surface area (Å²) < 4.78 is 0. The molecule has 0 radical (unpaired) electrons. The number of carbonyl (C=O) groups excluding carboxylic acids is 1. The van der Waals surface area contributed by atoms with Crippen LogP contribution in [0, 0.1) is 0 Å². The molecule has 0 aliphatic carbocycles. The summed E-state index contributed by atoms with van der Waals surface area (Å²) >= 11 is 1.60. The molecule has 4 rings (SSSR count). The van der Waals surface area contributed by atoms with Gasteiger partial charge in [-0.15, -0.1) is 11.3 Å².